The van der Waals surface area contributed by atoms with E-state index >= 15 is 0 Å². The SMILES string of the molecule is CCCOC(=O)CC(C)C1CCCCC1. The average Bonchev–Trinajstić information content (AvgIpc) is 2.27. The van der Waals surface area contributed by atoms with Gasteiger partial charge in [0.2, 0.25) is 0 Å². The van der Waals surface area contributed by atoms with Crippen LogP contribution in [0, 0.1) is 11.8 Å². The summed E-state index contributed by atoms with van der Waals surface area (Å²) in [5.74, 6) is 1.26. The second kappa shape index (κ2) is 6.86. The van der Waals surface area contributed by atoms with Crippen LogP contribution in [-0.2, 0) is 9.53 Å². The van der Waals surface area contributed by atoms with Gasteiger partial charge in [-0.15, -0.1) is 0 Å². The van der Waals surface area contributed by atoms with E-state index in [0.717, 1.165) is 12.3 Å². The lowest BCUT2D eigenvalue weighted by Crippen LogP contribution is -2.19. The van der Waals surface area contributed by atoms with Crippen LogP contribution >= 0.6 is 0 Å². The summed E-state index contributed by atoms with van der Waals surface area (Å²) in [5.41, 5.74) is 0. The molecule has 0 saturated heterocycles. The van der Waals surface area contributed by atoms with Crippen LogP contribution in [-0.4, -0.2) is 12.6 Å². The zero-order valence-corrected chi connectivity index (χ0v) is 10.1. The highest BCUT2D eigenvalue weighted by atomic mass is 16.5. The number of esters is 1. The highest BCUT2D eigenvalue weighted by Crippen LogP contribution is 2.31. The standard InChI is InChI=1S/C13H24O2/c1-3-9-15-13(14)10-11(2)12-7-5-4-6-8-12/h11-12H,3-10H2,1-2H3. The van der Waals surface area contributed by atoms with Crippen LogP contribution in [0.1, 0.15) is 58.8 Å². The molecule has 0 bridgehead atoms. The Morgan fingerprint density at radius 2 is 2.00 bits per heavy atom. The molecule has 1 fully saturated rings. The summed E-state index contributed by atoms with van der Waals surface area (Å²) >= 11 is 0. The van der Waals surface area contributed by atoms with E-state index < -0.39 is 0 Å². The van der Waals surface area contributed by atoms with Gasteiger partial charge in [0.25, 0.3) is 0 Å². The van der Waals surface area contributed by atoms with E-state index in [-0.39, 0.29) is 5.97 Å². The molecule has 0 aromatic carbocycles. The second-order valence-electron chi connectivity index (χ2n) is 4.80. The molecule has 15 heavy (non-hydrogen) atoms. The van der Waals surface area contributed by atoms with Crippen molar-refractivity contribution in [2.45, 2.75) is 58.8 Å². The lowest BCUT2D eigenvalue weighted by molar-refractivity contribution is -0.145. The van der Waals surface area contributed by atoms with Crippen LogP contribution in [0.3, 0.4) is 0 Å². The normalized spacial score (nSPS) is 19.9. The van der Waals surface area contributed by atoms with Crippen LogP contribution in [0.4, 0.5) is 0 Å². The Hall–Kier alpha value is -0.530. The summed E-state index contributed by atoms with van der Waals surface area (Å²) in [5, 5.41) is 0. The molecule has 0 amide bonds. The summed E-state index contributed by atoms with van der Waals surface area (Å²) in [6.07, 6.45) is 8.22. The predicted octanol–water partition coefficient (Wildman–Crippen LogP) is 3.55. The number of carbonyl (C=O) groups is 1. The molecule has 1 rings (SSSR count). The summed E-state index contributed by atoms with van der Waals surface area (Å²) in [7, 11) is 0. The highest BCUT2D eigenvalue weighted by molar-refractivity contribution is 5.69. The van der Waals surface area contributed by atoms with Crippen molar-refractivity contribution < 1.29 is 9.53 Å². The smallest absolute Gasteiger partial charge is 0.306 e. The topological polar surface area (TPSA) is 26.3 Å². The quantitative estimate of drug-likeness (QED) is 0.651. The number of carbonyl (C=O) groups excluding carboxylic acids is 1. The number of hydrogen-bond acceptors (Lipinski definition) is 2. The third kappa shape index (κ3) is 4.67. The lowest BCUT2D eigenvalue weighted by Gasteiger charge is -2.26. The van der Waals surface area contributed by atoms with Gasteiger partial charge in [-0.3, -0.25) is 4.79 Å². The van der Waals surface area contributed by atoms with Gasteiger partial charge < -0.3 is 4.74 Å². The Morgan fingerprint density at radius 3 is 2.60 bits per heavy atom. The molecular formula is C13H24O2. The molecule has 88 valence electrons. The first-order valence-electron chi connectivity index (χ1n) is 6.39. The van der Waals surface area contributed by atoms with Crippen LogP contribution in [0.25, 0.3) is 0 Å². The van der Waals surface area contributed by atoms with Crippen molar-refractivity contribution in [3.8, 4) is 0 Å². The molecule has 1 atom stereocenters. The summed E-state index contributed by atoms with van der Waals surface area (Å²) in [4.78, 5) is 11.4. The van der Waals surface area contributed by atoms with Gasteiger partial charge in [0.15, 0.2) is 0 Å². The molecule has 1 unspecified atom stereocenters. The minimum atomic E-state index is -0.00470. The Bertz CT molecular complexity index is 183. The molecule has 0 heterocycles. The van der Waals surface area contributed by atoms with E-state index in [4.69, 9.17) is 4.74 Å². The Kier molecular flexibility index (Phi) is 5.74. The van der Waals surface area contributed by atoms with Crippen LogP contribution in [0.5, 0.6) is 0 Å². The zero-order chi connectivity index (χ0) is 11.1. The van der Waals surface area contributed by atoms with Gasteiger partial charge in [-0.1, -0.05) is 46.0 Å². The molecule has 0 N–H and O–H groups in total. The Balaban J connectivity index is 2.21. The monoisotopic (exact) mass is 212 g/mol. The van der Waals surface area contributed by atoms with Crippen LogP contribution in [0.15, 0.2) is 0 Å². The molecule has 0 spiro atoms. The second-order valence-corrected chi connectivity index (χ2v) is 4.80. The van der Waals surface area contributed by atoms with Gasteiger partial charge >= 0.3 is 5.97 Å². The molecule has 0 aliphatic heterocycles. The number of ether oxygens (including phenoxy) is 1. The third-order valence-electron chi connectivity index (χ3n) is 3.41. The van der Waals surface area contributed by atoms with Gasteiger partial charge in [0.1, 0.15) is 0 Å². The van der Waals surface area contributed by atoms with Crippen LogP contribution < -0.4 is 0 Å². The fourth-order valence-corrected chi connectivity index (χ4v) is 2.41. The van der Waals surface area contributed by atoms with Gasteiger partial charge in [0.05, 0.1) is 6.61 Å². The molecule has 1 aliphatic carbocycles. The highest BCUT2D eigenvalue weighted by Gasteiger charge is 2.22. The molecule has 0 radical (unpaired) electrons. The van der Waals surface area contributed by atoms with Gasteiger partial charge in [-0.05, 0) is 18.3 Å². The van der Waals surface area contributed by atoms with Crippen LogP contribution in [0.2, 0.25) is 0 Å². The van der Waals surface area contributed by atoms with E-state index in [1.54, 1.807) is 0 Å². The number of rotatable bonds is 5. The molecule has 0 aromatic rings. The minimum absolute atomic E-state index is 0.00470. The Morgan fingerprint density at radius 1 is 1.33 bits per heavy atom. The van der Waals surface area contributed by atoms with E-state index in [2.05, 4.69) is 6.92 Å². The first-order chi connectivity index (χ1) is 7.24. The van der Waals surface area contributed by atoms with Crippen molar-refractivity contribution >= 4 is 5.97 Å². The van der Waals surface area contributed by atoms with E-state index in [1.807, 2.05) is 6.92 Å². The van der Waals surface area contributed by atoms with Crippen molar-refractivity contribution in [3.05, 3.63) is 0 Å². The van der Waals surface area contributed by atoms with Gasteiger partial charge in [-0.2, -0.15) is 0 Å². The molecule has 1 aliphatic rings. The molecular weight excluding hydrogens is 188 g/mol. The first-order valence-corrected chi connectivity index (χ1v) is 6.39. The maximum atomic E-state index is 11.4. The van der Waals surface area contributed by atoms with Gasteiger partial charge in [-0.25, -0.2) is 0 Å². The minimum Gasteiger partial charge on any atom is -0.466 e. The zero-order valence-electron chi connectivity index (χ0n) is 10.1. The van der Waals surface area contributed by atoms with Crippen molar-refractivity contribution in [1.82, 2.24) is 0 Å². The van der Waals surface area contributed by atoms with Crippen molar-refractivity contribution in [1.29, 1.82) is 0 Å². The average molecular weight is 212 g/mol. The summed E-state index contributed by atoms with van der Waals surface area (Å²) in [6.45, 7) is 4.80. The maximum absolute atomic E-state index is 11.4. The molecule has 2 nitrogen and oxygen atoms in total. The molecule has 0 aromatic heterocycles. The van der Waals surface area contributed by atoms with E-state index in [1.165, 1.54) is 32.1 Å². The van der Waals surface area contributed by atoms with E-state index in [0.29, 0.717) is 18.9 Å². The van der Waals surface area contributed by atoms with E-state index in [9.17, 15) is 4.79 Å². The lowest BCUT2D eigenvalue weighted by atomic mass is 9.79. The maximum Gasteiger partial charge on any atom is 0.306 e. The number of hydrogen-bond donors (Lipinski definition) is 0. The third-order valence-corrected chi connectivity index (χ3v) is 3.41. The summed E-state index contributed by atoms with van der Waals surface area (Å²) in [6, 6.07) is 0. The Labute approximate surface area is 93.4 Å². The van der Waals surface area contributed by atoms with Crippen molar-refractivity contribution in [3.63, 3.8) is 0 Å². The molecule has 1 saturated carbocycles. The van der Waals surface area contributed by atoms with Crippen molar-refractivity contribution in [2.75, 3.05) is 6.61 Å². The van der Waals surface area contributed by atoms with Crippen molar-refractivity contribution in [2.24, 2.45) is 11.8 Å². The summed E-state index contributed by atoms with van der Waals surface area (Å²) < 4.78 is 5.11. The molecule has 2 heteroatoms. The fraction of sp³-hybridized carbons (Fsp3) is 0.923. The first kappa shape index (κ1) is 12.5. The predicted molar refractivity (Wildman–Crippen MR) is 61.6 cm³/mol. The largest absolute Gasteiger partial charge is 0.466 e. The van der Waals surface area contributed by atoms with Gasteiger partial charge in [0, 0.05) is 6.42 Å². The fourth-order valence-electron chi connectivity index (χ4n) is 2.41.